The topological polar surface area (TPSA) is 66.0 Å². The van der Waals surface area contributed by atoms with Gasteiger partial charge in [0.05, 0.1) is 6.10 Å². The Morgan fingerprint density at radius 3 is 2.82 bits per heavy atom. The highest BCUT2D eigenvalue weighted by Crippen LogP contribution is 2.30. The minimum Gasteiger partial charge on any atom is -0.389 e. The van der Waals surface area contributed by atoms with Crippen molar-refractivity contribution < 1.29 is 5.11 Å². The lowest BCUT2D eigenvalue weighted by Crippen LogP contribution is -2.05. The van der Waals surface area contributed by atoms with Gasteiger partial charge in [0.25, 0.3) is 5.56 Å². The summed E-state index contributed by atoms with van der Waals surface area (Å²) in [7, 11) is 0. The van der Waals surface area contributed by atoms with E-state index in [0.717, 1.165) is 10.5 Å². The first kappa shape index (κ1) is 11.9. The molecular formula is C12H12N2O2S. The van der Waals surface area contributed by atoms with Crippen LogP contribution in [0.2, 0.25) is 0 Å². The summed E-state index contributed by atoms with van der Waals surface area (Å²) >= 11 is 1.33. The molecule has 0 bridgehead atoms. The Labute approximate surface area is 103 Å². The van der Waals surface area contributed by atoms with E-state index in [9.17, 15) is 9.90 Å². The molecule has 0 fully saturated rings. The van der Waals surface area contributed by atoms with Crippen LogP contribution in [0.1, 0.15) is 18.6 Å². The summed E-state index contributed by atoms with van der Waals surface area (Å²) in [6, 6.07) is 8.86. The van der Waals surface area contributed by atoms with Gasteiger partial charge >= 0.3 is 0 Å². The molecule has 17 heavy (non-hydrogen) atoms. The van der Waals surface area contributed by atoms with Crippen LogP contribution in [-0.2, 0) is 0 Å². The van der Waals surface area contributed by atoms with E-state index in [2.05, 4.69) is 9.97 Å². The number of aliphatic hydroxyl groups is 1. The number of aromatic amines is 1. The van der Waals surface area contributed by atoms with Gasteiger partial charge in [-0.1, -0.05) is 30.0 Å². The molecule has 0 radical (unpaired) electrons. The molecule has 0 saturated heterocycles. The van der Waals surface area contributed by atoms with Gasteiger partial charge in [-0.2, -0.15) is 0 Å². The summed E-state index contributed by atoms with van der Waals surface area (Å²) in [6.45, 7) is 1.71. The van der Waals surface area contributed by atoms with Crippen molar-refractivity contribution in [2.75, 3.05) is 0 Å². The number of hydrogen-bond acceptors (Lipinski definition) is 4. The van der Waals surface area contributed by atoms with Crippen LogP contribution in [0.15, 0.2) is 51.4 Å². The van der Waals surface area contributed by atoms with Crippen molar-refractivity contribution in [3.8, 4) is 0 Å². The number of aliphatic hydroxyl groups excluding tert-OH is 1. The Kier molecular flexibility index (Phi) is 3.61. The third-order valence-electron chi connectivity index (χ3n) is 2.22. The van der Waals surface area contributed by atoms with E-state index in [1.54, 1.807) is 6.92 Å². The van der Waals surface area contributed by atoms with Gasteiger partial charge in [0.15, 0.2) is 5.16 Å². The number of benzene rings is 1. The molecule has 0 aliphatic carbocycles. The fraction of sp³-hybridized carbons (Fsp3) is 0.167. The van der Waals surface area contributed by atoms with E-state index in [-0.39, 0.29) is 5.56 Å². The first-order valence-electron chi connectivity index (χ1n) is 5.17. The highest BCUT2D eigenvalue weighted by atomic mass is 32.2. The molecule has 88 valence electrons. The first-order valence-corrected chi connectivity index (χ1v) is 5.98. The average Bonchev–Trinajstić information content (AvgIpc) is 2.29. The molecule has 2 aromatic rings. The number of nitrogens with one attached hydrogen (secondary N) is 1. The summed E-state index contributed by atoms with van der Waals surface area (Å²) in [5, 5.41) is 10.2. The molecule has 1 unspecified atom stereocenters. The van der Waals surface area contributed by atoms with E-state index < -0.39 is 6.10 Å². The van der Waals surface area contributed by atoms with Gasteiger partial charge < -0.3 is 10.1 Å². The predicted molar refractivity (Wildman–Crippen MR) is 66.1 cm³/mol. The second kappa shape index (κ2) is 5.16. The summed E-state index contributed by atoms with van der Waals surface area (Å²) in [6.07, 6.45) is 0.917. The first-order chi connectivity index (χ1) is 8.16. The van der Waals surface area contributed by atoms with E-state index in [1.807, 2.05) is 24.3 Å². The van der Waals surface area contributed by atoms with Crippen molar-refractivity contribution in [1.82, 2.24) is 9.97 Å². The largest absolute Gasteiger partial charge is 0.389 e. The SMILES string of the molecule is CC(O)c1ccccc1Sc1nccc(=O)[nH]1. The van der Waals surface area contributed by atoms with Crippen molar-refractivity contribution in [1.29, 1.82) is 0 Å². The van der Waals surface area contributed by atoms with Crippen LogP contribution >= 0.6 is 11.8 Å². The lowest BCUT2D eigenvalue weighted by Gasteiger charge is -2.10. The van der Waals surface area contributed by atoms with Gasteiger partial charge in [0, 0.05) is 17.2 Å². The maximum Gasteiger partial charge on any atom is 0.251 e. The predicted octanol–water partition coefficient (Wildman–Crippen LogP) is 1.97. The maximum absolute atomic E-state index is 11.1. The van der Waals surface area contributed by atoms with Gasteiger partial charge in [-0.15, -0.1) is 0 Å². The zero-order chi connectivity index (χ0) is 12.3. The van der Waals surface area contributed by atoms with Crippen LogP contribution in [0, 0.1) is 0 Å². The zero-order valence-electron chi connectivity index (χ0n) is 9.25. The molecule has 5 heteroatoms. The zero-order valence-corrected chi connectivity index (χ0v) is 10.1. The van der Waals surface area contributed by atoms with Gasteiger partial charge in [-0.25, -0.2) is 4.98 Å². The third kappa shape index (κ3) is 2.95. The molecule has 2 rings (SSSR count). The fourth-order valence-electron chi connectivity index (χ4n) is 1.43. The van der Waals surface area contributed by atoms with Crippen molar-refractivity contribution in [3.05, 3.63) is 52.4 Å². The second-order valence-corrected chi connectivity index (χ2v) is 4.59. The number of hydrogen-bond donors (Lipinski definition) is 2. The lowest BCUT2D eigenvalue weighted by molar-refractivity contribution is 0.196. The fourth-order valence-corrected chi connectivity index (χ4v) is 2.40. The summed E-state index contributed by atoms with van der Waals surface area (Å²) in [5.41, 5.74) is 0.640. The van der Waals surface area contributed by atoms with E-state index >= 15 is 0 Å². The molecule has 0 amide bonds. The van der Waals surface area contributed by atoms with Crippen molar-refractivity contribution in [2.24, 2.45) is 0 Å². The van der Waals surface area contributed by atoms with E-state index in [1.165, 1.54) is 24.0 Å². The molecule has 1 heterocycles. The van der Waals surface area contributed by atoms with Crippen LogP contribution < -0.4 is 5.56 Å². The normalized spacial score (nSPS) is 12.4. The molecule has 1 atom stereocenters. The summed E-state index contributed by atoms with van der Waals surface area (Å²) < 4.78 is 0. The molecule has 2 N–H and O–H groups in total. The maximum atomic E-state index is 11.1. The molecule has 1 aromatic carbocycles. The number of nitrogens with zero attached hydrogens (tertiary/aromatic N) is 1. The van der Waals surface area contributed by atoms with Crippen molar-refractivity contribution in [2.45, 2.75) is 23.1 Å². The quantitative estimate of drug-likeness (QED) is 0.815. The van der Waals surface area contributed by atoms with E-state index in [4.69, 9.17) is 0 Å². The molecule has 0 aliphatic rings. The number of rotatable bonds is 3. The molecule has 0 aliphatic heterocycles. The van der Waals surface area contributed by atoms with Gasteiger partial charge in [0.1, 0.15) is 0 Å². The van der Waals surface area contributed by atoms with Gasteiger partial charge in [-0.3, -0.25) is 4.79 Å². The van der Waals surface area contributed by atoms with Crippen molar-refractivity contribution >= 4 is 11.8 Å². The Balaban J connectivity index is 2.33. The highest BCUT2D eigenvalue weighted by Gasteiger charge is 2.09. The van der Waals surface area contributed by atoms with Gasteiger partial charge in [-0.05, 0) is 18.6 Å². The summed E-state index contributed by atoms with van der Waals surface area (Å²) in [4.78, 5) is 18.7. The molecule has 0 saturated carbocycles. The summed E-state index contributed by atoms with van der Waals surface area (Å²) in [5.74, 6) is 0. The minimum absolute atomic E-state index is 0.183. The molecule has 4 nitrogen and oxygen atoms in total. The molecule has 1 aromatic heterocycles. The molecule has 0 spiro atoms. The Hall–Kier alpha value is -1.59. The van der Waals surface area contributed by atoms with Crippen LogP contribution in [0.25, 0.3) is 0 Å². The van der Waals surface area contributed by atoms with Gasteiger partial charge in [0.2, 0.25) is 0 Å². The number of aromatic nitrogens is 2. The second-order valence-electron chi connectivity index (χ2n) is 3.56. The standard InChI is InChI=1S/C12H12N2O2S/c1-8(15)9-4-2-3-5-10(9)17-12-13-7-6-11(16)14-12/h2-8,15H,1H3,(H,13,14,16). The minimum atomic E-state index is -0.547. The number of H-pyrrole nitrogens is 1. The Bertz CT molecular complexity index is 566. The van der Waals surface area contributed by atoms with Crippen LogP contribution in [0.3, 0.4) is 0 Å². The smallest absolute Gasteiger partial charge is 0.251 e. The Morgan fingerprint density at radius 2 is 2.12 bits per heavy atom. The highest BCUT2D eigenvalue weighted by molar-refractivity contribution is 7.99. The average molecular weight is 248 g/mol. The van der Waals surface area contributed by atoms with Crippen molar-refractivity contribution in [3.63, 3.8) is 0 Å². The van der Waals surface area contributed by atoms with Crippen LogP contribution in [0.4, 0.5) is 0 Å². The van der Waals surface area contributed by atoms with Crippen LogP contribution in [-0.4, -0.2) is 15.1 Å². The van der Waals surface area contributed by atoms with E-state index in [0.29, 0.717) is 5.16 Å². The monoisotopic (exact) mass is 248 g/mol. The third-order valence-corrected chi connectivity index (χ3v) is 3.22. The Morgan fingerprint density at radius 1 is 1.35 bits per heavy atom. The molecular weight excluding hydrogens is 236 g/mol. The van der Waals surface area contributed by atoms with Crippen LogP contribution in [0.5, 0.6) is 0 Å². The lowest BCUT2D eigenvalue weighted by atomic mass is 10.1.